The fourth-order valence-corrected chi connectivity index (χ4v) is 6.41. The third kappa shape index (κ3) is 5.61. The molecule has 1 aliphatic rings. The molecule has 0 unspecified atom stereocenters. The first kappa shape index (κ1) is 31.6. The molecule has 7 aromatic rings. The van der Waals surface area contributed by atoms with Gasteiger partial charge in [0, 0.05) is 36.0 Å². The third-order valence-electron chi connectivity index (χ3n) is 8.71. The Morgan fingerprint density at radius 1 is 0.761 bits per heavy atom. The summed E-state index contributed by atoms with van der Waals surface area (Å²) in [5, 5.41) is 4.75. The van der Waals surface area contributed by atoms with Crippen LogP contribution in [-0.4, -0.2) is 25.9 Å². The second-order valence-corrected chi connectivity index (χ2v) is 12.5. The van der Waals surface area contributed by atoms with Crippen LogP contribution in [0.1, 0.15) is 50.7 Å². The van der Waals surface area contributed by atoms with Gasteiger partial charge >= 0.3 is 20.1 Å². The first-order valence-corrected chi connectivity index (χ1v) is 15.6. The minimum atomic E-state index is 0. The van der Waals surface area contributed by atoms with Gasteiger partial charge in [-0.15, -0.1) is 35.3 Å². The Bertz CT molecular complexity index is 2160. The molecule has 46 heavy (non-hydrogen) atoms. The van der Waals surface area contributed by atoms with Crippen molar-refractivity contribution in [2.75, 3.05) is 11.9 Å². The summed E-state index contributed by atoms with van der Waals surface area (Å²) in [7, 11) is 4.10. The number of hydrogen-bond acceptors (Lipinski definition) is 3. The molecule has 0 saturated heterocycles. The molecule has 4 heterocycles. The molecule has 0 N–H and O–H groups in total. The topological polar surface area (TPSA) is 28.7 Å². The summed E-state index contributed by atoms with van der Waals surface area (Å²) in [5.41, 5.74) is 9.47. The summed E-state index contributed by atoms with van der Waals surface area (Å²) in [4.78, 5) is 9.29. The number of rotatable bonds is 4. The van der Waals surface area contributed by atoms with Gasteiger partial charge in [0.05, 0.1) is 11.3 Å². The van der Waals surface area contributed by atoms with Crippen LogP contribution in [0.2, 0.25) is 0 Å². The number of nitrogens with zero attached hydrogens (tertiary/aromatic N) is 5. The van der Waals surface area contributed by atoms with Gasteiger partial charge < -0.3 is 18.8 Å². The van der Waals surface area contributed by atoms with Crippen molar-refractivity contribution >= 4 is 43.9 Å². The monoisotopic (exact) mass is 781 g/mol. The molecular formula is C40H38IrN5. The van der Waals surface area contributed by atoms with Crippen molar-refractivity contribution in [2.24, 2.45) is 7.05 Å². The zero-order valence-corrected chi connectivity index (χ0v) is 29.5. The van der Waals surface area contributed by atoms with Crippen LogP contribution in [0.4, 0.5) is 5.69 Å². The summed E-state index contributed by atoms with van der Waals surface area (Å²) in [6.07, 6.45) is 8.37. The van der Waals surface area contributed by atoms with E-state index in [9.17, 15) is 0 Å². The van der Waals surface area contributed by atoms with Crippen LogP contribution < -0.4 is 4.90 Å². The molecule has 0 amide bonds. The van der Waals surface area contributed by atoms with Gasteiger partial charge in [-0.05, 0) is 65.3 Å². The Kier molecular flexibility index (Phi) is 8.78. The molecule has 3 aromatic heterocycles. The number of benzene rings is 4. The number of fused-ring (bicyclic) bond motifs is 7. The number of anilines is 1. The average Bonchev–Trinajstić information content (AvgIpc) is 3.79. The molecular weight excluding hydrogens is 743 g/mol. The minimum absolute atomic E-state index is 0. The Morgan fingerprint density at radius 2 is 1.52 bits per heavy atom. The van der Waals surface area contributed by atoms with Crippen molar-refractivity contribution in [2.45, 2.75) is 39.5 Å². The van der Waals surface area contributed by atoms with Crippen molar-refractivity contribution in [3.05, 3.63) is 134 Å². The van der Waals surface area contributed by atoms with Crippen molar-refractivity contribution in [1.82, 2.24) is 18.9 Å². The second-order valence-electron chi connectivity index (χ2n) is 12.5. The number of pyridine rings is 1. The van der Waals surface area contributed by atoms with Crippen LogP contribution in [0.5, 0.6) is 0 Å². The van der Waals surface area contributed by atoms with E-state index in [1.54, 1.807) is 0 Å². The van der Waals surface area contributed by atoms with Crippen LogP contribution in [-0.2, 0) is 27.2 Å². The van der Waals surface area contributed by atoms with Gasteiger partial charge in [0.15, 0.2) is 0 Å². The SMILES string of the molecule is CC(C)c1cccc(C(C)C)c1-c1cn2c3cc4c(ccn4C)cc3c3ccc[c-]c3c2n1.CN1C=CN(c2[c-]cccc2)[CH-]1.[Ir+3]. The Morgan fingerprint density at radius 3 is 2.20 bits per heavy atom. The van der Waals surface area contributed by atoms with Gasteiger partial charge in [0.1, 0.15) is 0 Å². The smallest absolute Gasteiger partial charge is 0.510 e. The molecule has 0 bridgehead atoms. The van der Waals surface area contributed by atoms with Gasteiger partial charge in [-0.1, -0.05) is 57.3 Å². The summed E-state index contributed by atoms with van der Waals surface area (Å²) < 4.78 is 4.46. The van der Waals surface area contributed by atoms with Gasteiger partial charge in [-0.3, -0.25) is 4.98 Å². The van der Waals surface area contributed by atoms with E-state index in [0.29, 0.717) is 11.8 Å². The van der Waals surface area contributed by atoms with Gasteiger partial charge in [0.25, 0.3) is 0 Å². The summed E-state index contributed by atoms with van der Waals surface area (Å²) >= 11 is 0. The van der Waals surface area contributed by atoms with Crippen molar-refractivity contribution in [3.8, 4) is 11.3 Å². The Labute approximate surface area is 285 Å². The Balaban J connectivity index is 0.000000241. The summed E-state index contributed by atoms with van der Waals surface area (Å²) in [6, 6.07) is 34.3. The zero-order chi connectivity index (χ0) is 31.2. The average molecular weight is 781 g/mol. The molecule has 0 radical (unpaired) electrons. The Hall–Kier alpha value is -4.38. The number of para-hydroxylation sites is 1. The molecule has 0 atom stereocenters. The fourth-order valence-electron chi connectivity index (χ4n) is 6.41. The molecule has 8 rings (SSSR count). The summed E-state index contributed by atoms with van der Waals surface area (Å²) in [6.45, 7) is 11.1. The molecule has 0 fully saturated rings. The minimum Gasteiger partial charge on any atom is -0.510 e. The molecule has 4 aromatic carbocycles. The van der Waals surface area contributed by atoms with Crippen LogP contribution in [0.25, 0.3) is 49.5 Å². The largest absolute Gasteiger partial charge is 3.00 e. The maximum Gasteiger partial charge on any atom is 3.00 e. The third-order valence-corrected chi connectivity index (χ3v) is 8.71. The normalized spacial score (nSPS) is 13.0. The standard InChI is InChI=1S/C30H28N3.C10H10N2.Ir/c1-18(2)21-11-8-12-22(19(3)4)29(21)26-17-33-28-16-27-20(13-14-32(27)5)15-25(28)23-9-6-7-10-24(23)30(33)31-26;1-11-7-8-12(9-11)10-5-3-2-4-6-10;/h6-9,11-19H,1-5H3;2-5,7-9H,1H3;/q-1;-2;+3. The van der Waals surface area contributed by atoms with E-state index in [0.717, 1.165) is 22.4 Å². The van der Waals surface area contributed by atoms with Crippen LogP contribution >= 0.6 is 0 Å². The molecule has 1 aliphatic heterocycles. The number of hydrogen-bond donors (Lipinski definition) is 0. The van der Waals surface area contributed by atoms with Crippen LogP contribution in [0.15, 0.2) is 104 Å². The molecule has 0 spiro atoms. The molecule has 0 saturated carbocycles. The number of aromatic nitrogens is 3. The zero-order valence-electron chi connectivity index (χ0n) is 27.1. The predicted octanol–water partition coefficient (Wildman–Crippen LogP) is 9.67. The maximum absolute atomic E-state index is 5.26. The van der Waals surface area contributed by atoms with Crippen molar-refractivity contribution in [1.29, 1.82) is 0 Å². The van der Waals surface area contributed by atoms with Crippen LogP contribution in [0.3, 0.4) is 0 Å². The maximum atomic E-state index is 5.26. The van der Waals surface area contributed by atoms with E-state index in [4.69, 9.17) is 4.98 Å². The summed E-state index contributed by atoms with van der Waals surface area (Å²) in [5.74, 6) is 0.845. The number of aryl methyl sites for hydroxylation is 1. The van der Waals surface area contributed by atoms with E-state index in [1.165, 1.54) is 43.9 Å². The van der Waals surface area contributed by atoms with E-state index in [-0.39, 0.29) is 20.1 Å². The quantitative estimate of drug-likeness (QED) is 0.132. The van der Waals surface area contributed by atoms with E-state index in [2.05, 4.69) is 117 Å². The molecule has 0 aliphatic carbocycles. The number of imidazole rings is 1. The van der Waals surface area contributed by atoms with Gasteiger partial charge in [-0.25, -0.2) is 0 Å². The van der Waals surface area contributed by atoms with Crippen molar-refractivity contribution in [3.63, 3.8) is 0 Å². The first-order valence-electron chi connectivity index (χ1n) is 15.6. The second kappa shape index (κ2) is 12.8. The van der Waals surface area contributed by atoms with E-state index in [1.807, 2.05) is 66.2 Å². The first-order chi connectivity index (χ1) is 21.8. The molecule has 6 heteroatoms. The molecule has 232 valence electrons. The van der Waals surface area contributed by atoms with Gasteiger partial charge in [0.2, 0.25) is 0 Å². The van der Waals surface area contributed by atoms with Gasteiger partial charge in [-0.2, -0.15) is 37.0 Å². The van der Waals surface area contributed by atoms with E-state index < -0.39 is 0 Å². The molecule has 5 nitrogen and oxygen atoms in total. The van der Waals surface area contributed by atoms with E-state index >= 15 is 0 Å². The fraction of sp³-hybridized carbons (Fsp3) is 0.200. The predicted molar refractivity (Wildman–Crippen MR) is 188 cm³/mol. The van der Waals surface area contributed by atoms with Crippen LogP contribution in [0, 0.1) is 18.8 Å². The van der Waals surface area contributed by atoms with Crippen molar-refractivity contribution < 1.29 is 20.1 Å².